The summed E-state index contributed by atoms with van der Waals surface area (Å²) in [6.07, 6.45) is 15.4. The maximum atomic E-state index is 5.15. The zero-order chi connectivity index (χ0) is 26.9. The van der Waals surface area contributed by atoms with E-state index in [1.165, 1.54) is 75.7 Å². The average Bonchev–Trinajstić information content (AvgIpc) is 2.92. The molecule has 0 spiro atoms. The molecule has 6 heteroatoms. The van der Waals surface area contributed by atoms with Gasteiger partial charge < -0.3 is 20.4 Å². The van der Waals surface area contributed by atoms with E-state index in [0.29, 0.717) is 0 Å². The van der Waals surface area contributed by atoms with E-state index in [-0.39, 0.29) is 64.2 Å². The summed E-state index contributed by atoms with van der Waals surface area (Å²) in [6.45, 7) is 19.7. The summed E-state index contributed by atoms with van der Waals surface area (Å²) < 4.78 is 0. The first-order valence-electron chi connectivity index (χ1n) is 14.9. The first-order valence-corrected chi connectivity index (χ1v) is 14.9. The first-order chi connectivity index (χ1) is 18.5. The molecule has 4 rings (SSSR count). The van der Waals surface area contributed by atoms with Crippen molar-refractivity contribution < 1.29 is 58.2 Å². The van der Waals surface area contributed by atoms with Crippen LogP contribution in [0.1, 0.15) is 89.3 Å². The van der Waals surface area contributed by atoms with E-state index >= 15 is 0 Å². The number of rotatable bonds is 12. The Morgan fingerprint density at radius 2 is 1.79 bits per heavy atom. The van der Waals surface area contributed by atoms with Gasteiger partial charge in [-0.2, -0.15) is 0 Å². The molecule has 3 aliphatic rings. The number of piperidine rings is 1. The molecule has 0 aliphatic carbocycles. The molecule has 1 N–H and O–H groups in total. The van der Waals surface area contributed by atoms with Gasteiger partial charge in [-0.25, -0.2) is 0 Å². The van der Waals surface area contributed by atoms with Gasteiger partial charge in [0.05, 0.1) is 6.04 Å². The summed E-state index contributed by atoms with van der Waals surface area (Å²) in [5, 5.41) is 8.33. The van der Waals surface area contributed by atoms with E-state index in [2.05, 4.69) is 79.4 Å². The quantitative estimate of drug-likeness (QED) is 0.350. The van der Waals surface area contributed by atoms with Gasteiger partial charge >= 0.3 is 58.2 Å². The van der Waals surface area contributed by atoms with E-state index in [1.807, 2.05) is 6.08 Å². The number of hydrogen-bond donors (Lipinski definition) is 1. The van der Waals surface area contributed by atoms with Crippen molar-refractivity contribution in [3.8, 4) is 0 Å². The van der Waals surface area contributed by atoms with Crippen molar-refractivity contribution in [1.29, 1.82) is 0 Å². The Morgan fingerprint density at radius 1 is 1.05 bits per heavy atom. The molecule has 0 amide bonds. The van der Waals surface area contributed by atoms with Crippen molar-refractivity contribution in [3.63, 3.8) is 0 Å². The van der Waals surface area contributed by atoms with Crippen molar-refractivity contribution in [2.75, 3.05) is 26.2 Å². The Kier molecular flexibility index (Phi) is 13.7. The van der Waals surface area contributed by atoms with Gasteiger partial charge in [0, 0.05) is 11.4 Å². The molecule has 206 valence electrons. The predicted molar refractivity (Wildman–Crippen MR) is 162 cm³/mol. The number of hydrogen-bond acceptors (Lipinski definition) is 3. The topological polar surface area (TPSA) is 45.0 Å². The number of nitrogens with one attached hydrogen (secondary N) is 1. The Bertz CT molecular complexity index is 1060. The van der Waals surface area contributed by atoms with Gasteiger partial charge in [0.25, 0.3) is 0 Å². The van der Waals surface area contributed by atoms with E-state index < -0.39 is 0 Å². The smallest absolute Gasteiger partial charge is 0.436 e. The number of likely N-dealkylation sites (tertiary alicyclic amines) is 1. The maximum absolute atomic E-state index is 5.15. The number of nitrogens with zero attached hydrogens (tertiary/aromatic N) is 4. The molecule has 0 radical (unpaired) electrons. The van der Waals surface area contributed by atoms with E-state index in [4.69, 9.17) is 10.3 Å². The zero-order valence-electron chi connectivity index (χ0n) is 25.0. The summed E-state index contributed by atoms with van der Waals surface area (Å²) >= 11 is 0. The second-order valence-corrected chi connectivity index (χ2v) is 11.1. The van der Waals surface area contributed by atoms with Crippen LogP contribution in [0, 0.1) is 5.92 Å². The van der Waals surface area contributed by atoms with Crippen LogP contribution in [0.3, 0.4) is 0 Å². The van der Waals surface area contributed by atoms with Crippen LogP contribution in [-0.2, 0) is 6.42 Å². The van der Waals surface area contributed by atoms with Crippen LogP contribution in [0.25, 0.3) is 5.32 Å². The summed E-state index contributed by atoms with van der Waals surface area (Å²) in [4.78, 5) is 9.92. The second kappa shape index (κ2) is 16.5. The number of aliphatic imine (C=N–C) groups is 1. The standard InChI is InChI=1S/C33H48N5.Rb/c1-6-8-9-10-11-12-20-38-27(5)36-32(31-17-16-25(3)34-33(31)38)35-26(4)30-15-13-14-29(24-30)23-28-18-21-37(7-2)22-19-28;/h13-17,24,26,28H,3,5-12,18-23H2,1-2,4H3,(H,35,36);/q-1;+1. The third-order valence-electron chi connectivity index (χ3n) is 8.20. The molecular formula is C33H48N5Rb. The van der Waals surface area contributed by atoms with Gasteiger partial charge in [-0.1, -0.05) is 102 Å². The second-order valence-electron chi connectivity index (χ2n) is 11.1. The van der Waals surface area contributed by atoms with Crippen LogP contribution in [-0.4, -0.2) is 41.8 Å². The summed E-state index contributed by atoms with van der Waals surface area (Å²) in [5.41, 5.74) is 4.49. The minimum absolute atomic E-state index is 0. The SMILES string of the molecule is C=C1C=CC2=C([N-]1)N(CCCCCCCC)C(=C)NC2=NC(C)c1cccc(CC2CCN(CC)CC2)c1.[Rb+]. The van der Waals surface area contributed by atoms with Gasteiger partial charge in [0.2, 0.25) is 0 Å². The van der Waals surface area contributed by atoms with Gasteiger partial charge in [0.15, 0.2) is 0 Å². The Hall–Kier alpha value is -0.985. The molecule has 3 aliphatic heterocycles. The van der Waals surface area contributed by atoms with Crippen LogP contribution in [0.2, 0.25) is 0 Å². The van der Waals surface area contributed by atoms with Gasteiger partial charge in [-0.05, 0) is 80.9 Å². The minimum Gasteiger partial charge on any atom is -0.436 e. The van der Waals surface area contributed by atoms with Crippen LogP contribution < -0.4 is 63.5 Å². The molecule has 0 saturated carbocycles. The summed E-state index contributed by atoms with van der Waals surface area (Å²) in [7, 11) is 0. The van der Waals surface area contributed by atoms with Crippen molar-refractivity contribution in [2.24, 2.45) is 10.9 Å². The molecule has 1 aromatic carbocycles. The summed E-state index contributed by atoms with van der Waals surface area (Å²) in [6, 6.07) is 9.08. The molecule has 1 saturated heterocycles. The molecular weight excluding hydrogens is 552 g/mol. The van der Waals surface area contributed by atoms with Crippen LogP contribution in [0.4, 0.5) is 0 Å². The molecule has 1 aromatic rings. The van der Waals surface area contributed by atoms with Crippen LogP contribution in [0.15, 0.2) is 77.5 Å². The van der Waals surface area contributed by atoms with E-state index in [0.717, 1.165) is 54.1 Å². The number of allylic oxidation sites excluding steroid dienone is 1. The van der Waals surface area contributed by atoms with Crippen molar-refractivity contribution >= 4 is 5.84 Å². The van der Waals surface area contributed by atoms with E-state index in [9.17, 15) is 0 Å². The van der Waals surface area contributed by atoms with Crippen molar-refractivity contribution in [3.05, 3.63) is 88.9 Å². The molecule has 1 atom stereocenters. The Morgan fingerprint density at radius 3 is 2.54 bits per heavy atom. The largest absolute Gasteiger partial charge is 1.00 e. The number of benzene rings is 1. The molecule has 3 heterocycles. The van der Waals surface area contributed by atoms with Crippen LogP contribution >= 0.6 is 0 Å². The molecule has 1 fully saturated rings. The normalized spacial score (nSPS) is 20.0. The van der Waals surface area contributed by atoms with Gasteiger partial charge in [-0.3, -0.25) is 4.99 Å². The molecule has 0 bridgehead atoms. The maximum Gasteiger partial charge on any atom is 1.00 e. The monoisotopic (exact) mass is 599 g/mol. The molecule has 5 nitrogen and oxygen atoms in total. The van der Waals surface area contributed by atoms with Crippen molar-refractivity contribution in [2.45, 2.75) is 84.6 Å². The van der Waals surface area contributed by atoms with Gasteiger partial charge in [-0.15, -0.1) is 0 Å². The Balaban J connectivity index is 0.00000420. The fraction of sp³-hybridized carbons (Fsp3) is 0.545. The van der Waals surface area contributed by atoms with Crippen LogP contribution in [0.5, 0.6) is 0 Å². The summed E-state index contributed by atoms with van der Waals surface area (Å²) in [5.74, 6) is 3.40. The molecule has 0 aromatic heterocycles. The molecule has 39 heavy (non-hydrogen) atoms. The first kappa shape index (κ1) is 32.5. The average molecular weight is 600 g/mol. The number of amidine groups is 1. The Labute approximate surface area is 286 Å². The predicted octanol–water partition coefficient (Wildman–Crippen LogP) is 4.83. The van der Waals surface area contributed by atoms with E-state index in [1.54, 1.807) is 0 Å². The fourth-order valence-electron chi connectivity index (χ4n) is 5.76. The number of unbranched alkanes of at least 4 members (excludes halogenated alkanes) is 5. The third-order valence-corrected chi connectivity index (χ3v) is 8.20. The zero-order valence-corrected chi connectivity index (χ0v) is 29.9. The molecule has 1 unspecified atom stereocenters. The van der Waals surface area contributed by atoms with Crippen molar-refractivity contribution in [1.82, 2.24) is 15.1 Å². The third kappa shape index (κ3) is 9.26. The fourth-order valence-corrected chi connectivity index (χ4v) is 5.76. The minimum atomic E-state index is 0. The van der Waals surface area contributed by atoms with Gasteiger partial charge in [0.1, 0.15) is 5.84 Å².